The summed E-state index contributed by atoms with van der Waals surface area (Å²) in [7, 11) is 1.31. The molecular formula is C24H21FN4O2. The largest absolute Gasteiger partial charge is 0.465 e. The summed E-state index contributed by atoms with van der Waals surface area (Å²) >= 11 is 0. The van der Waals surface area contributed by atoms with Crippen LogP contribution in [0.25, 0.3) is 6.08 Å². The van der Waals surface area contributed by atoms with Crippen molar-refractivity contribution in [2.75, 3.05) is 17.7 Å². The number of esters is 1. The number of halogens is 1. The lowest BCUT2D eigenvalue weighted by Gasteiger charge is -2.15. The maximum absolute atomic E-state index is 14.3. The highest BCUT2D eigenvalue weighted by Gasteiger charge is 2.10. The molecule has 31 heavy (non-hydrogen) atoms. The van der Waals surface area contributed by atoms with Gasteiger partial charge in [0.05, 0.1) is 18.7 Å². The summed E-state index contributed by atoms with van der Waals surface area (Å²) < 4.78 is 19.0. The van der Waals surface area contributed by atoms with E-state index >= 15 is 0 Å². The number of hydrogen-bond acceptors (Lipinski definition) is 6. The first-order valence-corrected chi connectivity index (χ1v) is 9.47. The van der Waals surface area contributed by atoms with Crippen LogP contribution in [0.1, 0.15) is 27.0 Å². The third-order valence-corrected chi connectivity index (χ3v) is 4.57. The number of methoxy groups -OCH3 is 1. The van der Waals surface area contributed by atoms with Crippen LogP contribution >= 0.6 is 0 Å². The number of nitriles is 1. The second-order valence-corrected chi connectivity index (χ2v) is 6.84. The molecule has 0 saturated heterocycles. The van der Waals surface area contributed by atoms with Gasteiger partial charge >= 0.3 is 5.97 Å². The van der Waals surface area contributed by atoms with Gasteiger partial charge in [-0.15, -0.1) is 0 Å². The molecule has 2 N–H and O–H groups in total. The predicted octanol–water partition coefficient (Wildman–Crippen LogP) is 5.65. The molecule has 0 bridgehead atoms. The van der Waals surface area contributed by atoms with Gasteiger partial charge in [-0.3, -0.25) is 0 Å². The van der Waals surface area contributed by atoms with Crippen molar-refractivity contribution in [1.82, 2.24) is 4.98 Å². The number of benzene rings is 2. The molecule has 0 amide bonds. The Balaban J connectivity index is 1.82. The summed E-state index contributed by atoms with van der Waals surface area (Å²) in [5, 5.41) is 14.9. The number of rotatable bonds is 6. The van der Waals surface area contributed by atoms with Crippen molar-refractivity contribution in [3.63, 3.8) is 0 Å². The number of aromatic nitrogens is 1. The molecule has 1 heterocycles. The molecule has 0 saturated carbocycles. The zero-order valence-electron chi connectivity index (χ0n) is 17.4. The SMILES string of the molecule is COC(=O)c1ccc(Nc2nc(Nc3c(C)cc(/C=C/C#N)cc3C)ccc2F)cc1. The van der Waals surface area contributed by atoms with E-state index in [-0.39, 0.29) is 5.82 Å². The van der Waals surface area contributed by atoms with Gasteiger partial charge in [0.25, 0.3) is 0 Å². The minimum Gasteiger partial charge on any atom is -0.465 e. The van der Waals surface area contributed by atoms with Crippen molar-refractivity contribution in [2.24, 2.45) is 0 Å². The Hall–Kier alpha value is -4.18. The Kier molecular flexibility index (Phi) is 6.63. The van der Waals surface area contributed by atoms with Crippen LogP contribution in [0.5, 0.6) is 0 Å². The lowest BCUT2D eigenvalue weighted by molar-refractivity contribution is 0.0601. The van der Waals surface area contributed by atoms with E-state index in [2.05, 4.69) is 20.4 Å². The number of pyridine rings is 1. The van der Waals surface area contributed by atoms with Crippen LogP contribution in [-0.4, -0.2) is 18.1 Å². The summed E-state index contributed by atoms with van der Waals surface area (Å²) in [6.45, 7) is 3.90. The van der Waals surface area contributed by atoms with Gasteiger partial charge in [-0.1, -0.05) is 0 Å². The third kappa shape index (κ3) is 5.25. The Labute approximate surface area is 180 Å². The number of nitrogens with zero attached hydrogens (tertiary/aromatic N) is 2. The first kappa shape index (κ1) is 21.5. The molecule has 6 nitrogen and oxygen atoms in total. The van der Waals surface area contributed by atoms with Gasteiger partial charge in [0.2, 0.25) is 0 Å². The highest BCUT2D eigenvalue weighted by Crippen LogP contribution is 2.28. The van der Waals surface area contributed by atoms with E-state index in [1.54, 1.807) is 36.4 Å². The van der Waals surface area contributed by atoms with Crippen molar-refractivity contribution in [3.8, 4) is 6.07 Å². The number of ether oxygens (including phenoxy) is 1. The molecule has 3 aromatic rings. The molecule has 0 atom stereocenters. The molecule has 0 unspecified atom stereocenters. The van der Waals surface area contributed by atoms with E-state index in [1.807, 2.05) is 32.0 Å². The molecule has 0 aliphatic heterocycles. The van der Waals surface area contributed by atoms with Crippen molar-refractivity contribution in [3.05, 3.63) is 82.7 Å². The van der Waals surface area contributed by atoms with Gasteiger partial charge < -0.3 is 15.4 Å². The maximum atomic E-state index is 14.3. The zero-order chi connectivity index (χ0) is 22.4. The van der Waals surface area contributed by atoms with Crippen LogP contribution in [0.15, 0.2) is 54.6 Å². The van der Waals surface area contributed by atoms with Crippen LogP contribution < -0.4 is 10.6 Å². The first-order chi connectivity index (χ1) is 14.9. The predicted molar refractivity (Wildman–Crippen MR) is 119 cm³/mol. The van der Waals surface area contributed by atoms with E-state index in [1.165, 1.54) is 19.3 Å². The lowest BCUT2D eigenvalue weighted by Crippen LogP contribution is -2.04. The smallest absolute Gasteiger partial charge is 0.337 e. The number of carbonyl (C=O) groups is 1. The molecule has 2 aromatic carbocycles. The molecule has 0 spiro atoms. The maximum Gasteiger partial charge on any atom is 0.337 e. The third-order valence-electron chi connectivity index (χ3n) is 4.57. The highest BCUT2D eigenvalue weighted by atomic mass is 19.1. The van der Waals surface area contributed by atoms with Gasteiger partial charge in [0.15, 0.2) is 11.6 Å². The average molecular weight is 416 g/mol. The Morgan fingerprint density at radius 3 is 2.39 bits per heavy atom. The van der Waals surface area contributed by atoms with E-state index in [9.17, 15) is 9.18 Å². The molecular weight excluding hydrogens is 395 g/mol. The number of hydrogen-bond donors (Lipinski definition) is 2. The van der Waals surface area contributed by atoms with E-state index < -0.39 is 11.8 Å². The Morgan fingerprint density at radius 2 is 1.77 bits per heavy atom. The van der Waals surface area contributed by atoms with Crippen molar-refractivity contribution >= 4 is 35.1 Å². The summed E-state index contributed by atoms with van der Waals surface area (Å²) in [6.07, 6.45) is 3.17. The van der Waals surface area contributed by atoms with E-state index in [0.717, 1.165) is 22.4 Å². The number of nitrogens with one attached hydrogen (secondary N) is 2. The standard InChI is InChI=1S/C24H21FN4O2/c1-15-13-17(5-4-12-26)14-16(2)22(15)28-21-11-10-20(25)23(29-21)27-19-8-6-18(7-9-19)24(30)31-3/h4-11,13-14H,1-3H3,(H2,27,28,29)/b5-4+. The van der Waals surface area contributed by atoms with Crippen molar-refractivity contribution < 1.29 is 13.9 Å². The molecule has 7 heteroatoms. The summed E-state index contributed by atoms with van der Waals surface area (Å²) in [5.74, 6) is -0.420. The monoisotopic (exact) mass is 416 g/mol. The number of allylic oxidation sites excluding steroid dienone is 1. The minimum atomic E-state index is -0.506. The molecule has 3 rings (SSSR count). The topological polar surface area (TPSA) is 87.0 Å². The van der Waals surface area contributed by atoms with Gasteiger partial charge in [0, 0.05) is 17.5 Å². The highest BCUT2D eigenvalue weighted by molar-refractivity contribution is 5.89. The second kappa shape index (κ2) is 9.55. The van der Waals surface area contributed by atoms with Crippen LogP contribution in [0, 0.1) is 31.0 Å². The first-order valence-electron chi connectivity index (χ1n) is 9.47. The van der Waals surface area contributed by atoms with Crippen LogP contribution in [0.4, 0.5) is 27.4 Å². The Bertz CT molecular complexity index is 1160. The minimum absolute atomic E-state index is 0.0553. The van der Waals surface area contributed by atoms with Crippen LogP contribution in [0.3, 0.4) is 0 Å². The number of carbonyl (C=O) groups excluding carboxylic acids is 1. The molecule has 0 radical (unpaired) electrons. The molecule has 0 aliphatic rings. The fourth-order valence-electron chi connectivity index (χ4n) is 3.10. The van der Waals surface area contributed by atoms with Gasteiger partial charge in [-0.25, -0.2) is 14.2 Å². The summed E-state index contributed by atoms with van der Waals surface area (Å²) in [5.41, 5.74) is 4.70. The van der Waals surface area contributed by atoms with E-state index in [4.69, 9.17) is 5.26 Å². The van der Waals surface area contributed by atoms with Crippen LogP contribution in [0.2, 0.25) is 0 Å². The van der Waals surface area contributed by atoms with E-state index in [0.29, 0.717) is 17.1 Å². The van der Waals surface area contributed by atoms with Gasteiger partial charge in [-0.2, -0.15) is 5.26 Å². The van der Waals surface area contributed by atoms with Crippen molar-refractivity contribution in [1.29, 1.82) is 5.26 Å². The molecule has 1 aromatic heterocycles. The summed E-state index contributed by atoms with van der Waals surface area (Å²) in [4.78, 5) is 15.9. The average Bonchev–Trinajstić information content (AvgIpc) is 2.77. The fraction of sp³-hybridized carbons (Fsp3) is 0.125. The zero-order valence-corrected chi connectivity index (χ0v) is 17.4. The molecule has 156 valence electrons. The van der Waals surface area contributed by atoms with Crippen LogP contribution in [-0.2, 0) is 4.74 Å². The molecule has 0 fully saturated rings. The summed E-state index contributed by atoms with van der Waals surface area (Å²) in [6, 6.07) is 15.2. The Morgan fingerprint density at radius 1 is 1.10 bits per heavy atom. The van der Waals surface area contributed by atoms with Crippen molar-refractivity contribution in [2.45, 2.75) is 13.8 Å². The second-order valence-electron chi connectivity index (χ2n) is 6.84. The number of anilines is 4. The molecule has 0 aliphatic carbocycles. The van der Waals surface area contributed by atoms with Gasteiger partial charge in [-0.05, 0) is 85.1 Å². The lowest BCUT2D eigenvalue weighted by atomic mass is 10.0. The van der Waals surface area contributed by atoms with Gasteiger partial charge in [0.1, 0.15) is 5.82 Å². The number of aryl methyl sites for hydroxylation is 2. The quantitative estimate of drug-likeness (QED) is 0.399. The normalized spacial score (nSPS) is 10.5. The fourth-order valence-corrected chi connectivity index (χ4v) is 3.10.